The molecule has 0 spiro atoms. The lowest BCUT2D eigenvalue weighted by Gasteiger charge is -2.14. The van der Waals surface area contributed by atoms with Crippen LogP contribution in [0.25, 0.3) is 0 Å². The second-order valence-electron chi connectivity index (χ2n) is 24.7. The van der Waals surface area contributed by atoms with Gasteiger partial charge in [0.15, 0.2) is 40.5 Å². The summed E-state index contributed by atoms with van der Waals surface area (Å²) in [4.78, 5) is 110. The lowest BCUT2D eigenvalue weighted by atomic mass is 10.0. The fourth-order valence-electron chi connectivity index (χ4n) is 7.95. The molecule has 0 aliphatic rings. The van der Waals surface area contributed by atoms with E-state index in [9.17, 15) is 47.9 Å². The molecule has 0 fully saturated rings. The first-order valence-electron chi connectivity index (χ1n) is 37.8. The first-order valence-corrected chi connectivity index (χ1v) is 37.8. The number of ketones is 7. The Balaban J connectivity index is -0.000000411. The van der Waals surface area contributed by atoms with E-state index in [0.717, 1.165) is 64.2 Å². The Labute approximate surface area is 647 Å². The molecular formula is C83H139N3O22. The molecule has 0 aromatic rings. The summed E-state index contributed by atoms with van der Waals surface area (Å²) in [6.45, 7) is 57.4. The molecule has 25 heteroatoms. The topological polar surface area (TPSA) is 318 Å². The van der Waals surface area contributed by atoms with Crippen molar-refractivity contribution in [3.05, 3.63) is 127 Å². The highest BCUT2D eigenvalue weighted by molar-refractivity contribution is 5.91. The molecule has 0 aromatic heterocycles. The molecule has 108 heavy (non-hydrogen) atoms. The van der Waals surface area contributed by atoms with Crippen LogP contribution in [0.15, 0.2) is 127 Å². The molecule has 0 rings (SSSR count). The van der Waals surface area contributed by atoms with Crippen molar-refractivity contribution >= 4 is 58.2 Å². The third-order valence-electron chi connectivity index (χ3n) is 14.5. The van der Waals surface area contributed by atoms with E-state index < -0.39 is 0 Å². The summed E-state index contributed by atoms with van der Waals surface area (Å²) in [6.07, 6.45) is 25.9. The van der Waals surface area contributed by atoms with Crippen molar-refractivity contribution in [3.8, 4) is 0 Å². The number of allylic oxidation sites excluding steroid dienone is 7. The molecule has 4 atom stereocenters. The Morgan fingerprint density at radius 3 is 0.750 bits per heavy atom. The first kappa shape index (κ1) is 110. The van der Waals surface area contributed by atoms with E-state index in [0.29, 0.717) is 247 Å². The molecule has 0 aromatic carbocycles. The van der Waals surface area contributed by atoms with Crippen molar-refractivity contribution in [3.63, 3.8) is 0 Å². The number of carbonyl (C=O) groups is 10. The number of ether oxygens (including phenoxy) is 12. The summed E-state index contributed by atoms with van der Waals surface area (Å²) < 4.78 is 64.9. The smallest absolute Gasteiger partial charge is 0.243 e. The largest absolute Gasteiger partial charge is 0.379 e. The van der Waals surface area contributed by atoms with Gasteiger partial charge >= 0.3 is 0 Å². The molecular weight excluding hydrogens is 1390 g/mol. The van der Waals surface area contributed by atoms with Crippen molar-refractivity contribution in [2.75, 3.05) is 178 Å². The maximum atomic E-state index is 11.1. The van der Waals surface area contributed by atoms with E-state index in [-0.39, 0.29) is 64.1 Å². The van der Waals surface area contributed by atoms with Gasteiger partial charge in [-0.2, -0.15) is 0 Å². The predicted octanol–water partition coefficient (Wildman–Crippen LogP) is 10.9. The molecule has 0 aliphatic heterocycles. The maximum absolute atomic E-state index is 11.1. The SMILES string of the molecule is C=CC(=O)CCC(C)COCCOCC(C)CNC(=O)C=C.C=CC(=O)CCC(C)COCCOCCOCC(C)CCC(=O)C=C.C=CC(=O)CCCCOCCOCCCNC(=O)C=C.C=CC(=O)CCCCOCCOCCOCCCCC(=O)C=C.C=CC(=O)CCCOCCOCCNC(=O)C=C. The van der Waals surface area contributed by atoms with E-state index in [1.54, 1.807) is 0 Å². The fourth-order valence-corrected chi connectivity index (χ4v) is 7.95. The minimum atomic E-state index is -0.207. The molecule has 0 heterocycles. The molecule has 0 bridgehead atoms. The summed E-state index contributed by atoms with van der Waals surface area (Å²) in [7, 11) is 0. The molecule has 0 saturated carbocycles. The van der Waals surface area contributed by atoms with Crippen LogP contribution in [0.1, 0.15) is 143 Å². The number of unbranched alkanes of at least 4 members (excludes halogenated alkanes) is 3. The van der Waals surface area contributed by atoms with E-state index >= 15 is 0 Å². The van der Waals surface area contributed by atoms with Gasteiger partial charge in [-0.05, 0) is 155 Å². The zero-order chi connectivity index (χ0) is 81.6. The van der Waals surface area contributed by atoms with Crippen LogP contribution in [0, 0.1) is 23.7 Å². The van der Waals surface area contributed by atoms with Crippen LogP contribution >= 0.6 is 0 Å². The van der Waals surface area contributed by atoms with Crippen LogP contribution in [0.2, 0.25) is 0 Å². The third-order valence-corrected chi connectivity index (χ3v) is 14.5. The normalized spacial score (nSPS) is 11.4. The Morgan fingerprint density at radius 1 is 0.231 bits per heavy atom. The number of rotatable bonds is 76. The quantitative estimate of drug-likeness (QED) is 0.0376. The summed E-state index contributed by atoms with van der Waals surface area (Å²) in [5, 5.41) is 7.99. The van der Waals surface area contributed by atoms with Gasteiger partial charge in [0.1, 0.15) is 0 Å². The van der Waals surface area contributed by atoms with Gasteiger partial charge in [-0.25, -0.2) is 0 Å². The maximum Gasteiger partial charge on any atom is 0.243 e. The Kier molecular flexibility index (Phi) is 90.2. The number of nitrogens with one attached hydrogen (secondary N) is 3. The number of amides is 3. The molecule has 0 saturated heterocycles. The minimum absolute atomic E-state index is 0.0350. The monoisotopic (exact) mass is 1530 g/mol. The van der Waals surface area contributed by atoms with Crippen molar-refractivity contribution in [2.24, 2.45) is 23.7 Å². The standard InChI is InChI=1S/C20H34O5.C18H30O5.C17H29NO4.C15H25NO4.C13H21NO4/c1-5-19(21)9-7-17(3)15-24-13-11-23-12-14-25-16-18(4)8-10-20(22)6-2;1-3-17(19)9-5-7-11-21-13-15-23-16-14-22-12-8-6-10-18(20)4-2;1-5-16(19)8-7-14(3)12-21-9-10-22-13-15(4)11-18-17(20)6-2;1-3-14(17)8-5-6-10-19-12-13-20-11-7-9-16-15(18)4-2;1-3-12(15)6-5-8-17-10-11-18-9-7-14-13(16)4-2/h5-6,17-18H,1-2,7-16H2,3-4H3;3-4H,1-2,5-16H2;5-6,14-15H,1-2,7-13H2,3-4H3,(H,18,20);3-4H,1-2,5-13H2,(H,16,18);3-4H,1-2,5-11H2,(H,14,16). The first-order chi connectivity index (χ1) is 52.1. The van der Waals surface area contributed by atoms with Gasteiger partial charge in [-0.3, -0.25) is 47.9 Å². The van der Waals surface area contributed by atoms with Gasteiger partial charge in [0.25, 0.3) is 0 Å². The highest BCUT2D eigenvalue weighted by Gasteiger charge is 2.10. The van der Waals surface area contributed by atoms with Crippen LogP contribution < -0.4 is 16.0 Å². The highest BCUT2D eigenvalue weighted by Crippen LogP contribution is 2.10. The van der Waals surface area contributed by atoms with Crippen molar-refractivity contribution < 1.29 is 105 Å². The van der Waals surface area contributed by atoms with Crippen molar-refractivity contribution in [1.82, 2.24) is 16.0 Å². The molecule has 0 radical (unpaired) electrons. The van der Waals surface area contributed by atoms with E-state index in [1.807, 2.05) is 6.92 Å². The summed E-state index contributed by atoms with van der Waals surface area (Å²) >= 11 is 0. The number of hydrogen-bond donors (Lipinski definition) is 3. The number of hydrogen-bond acceptors (Lipinski definition) is 22. The van der Waals surface area contributed by atoms with Crippen LogP contribution in [-0.4, -0.2) is 236 Å². The zero-order valence-electron chi connectivity index (χ0n) is 66.5. The Hall–Kier alpha value is -6.98. The number of carbonyl (C=O) groups excluding carboxylic acids is 10. The third kappa shape index (κ3) is 95.1. The molecule has 618 valence electrons. The van der Waals surface area contributed by atoms with Gasteiger partial charge < -0.3 is 72.8 Å². The fraction of sp³-hybridized carbons (Fsp3) is 0.639. The summed E-state index contributed by atoms with van der Waals surface area (Å²) in [6, 6.07) is 0. The zero-order valence-corrected chi connectivity index (χ0v) is 66.5. The lowest BCUT2D eigenvalue weighted by Crippen LogP contribution is -2.28. The van der Waals surface area contributed by atoms with Crippen LogP contribution in [0.4, 0.5) is 0 Å². The average Bonchev–Trinajstić information content (AvgIpc) is 1.86. The van der Waals surface area contributed by atoms with E-state index in [1.165, 1.54) is 60.8 Å². The van der Waals surface area contributed by atoms with Gasteiger partial charge in [0.2, 0.25) is 17.7 Å². The highest BCUT2D eigenvalue weighted by atomic mass is 16.6. The van der Waals surface area contributed by atoms with Gasteiger partial charge in [-0.1, -0.05) is 93.5 Å². The molecule has 3 N–H and O–H groups in total. The van der Waals surface area contributed by atoms with Crippen molar-refractivity contribution in [1.29, 1.82) is 0 Å². The molecule has 25 nitrogen and oxygen atoms in total. The van der Waals surface area contributed by atoms with Crippen LogP contribution in [0.3, 0.4) is 0 Å². The summed E-state index contributed by atoms with van der Waals surface area (Å²) in [5.41, 5.74) is 0. The molecule has 4 unspecified atom stereocenters. The lowest BCUT2D eigenvalue weighted by molar-refractivity contribution is -0.117. The Bertz CT molecular complexity index is 2260. The molecule has 0 aliphatic carbocycles. The predicted molar refractivity (Wildman–Crippen MR) is 426 cm³/mol. The average molecular weight is 1530 g/mol. The van der Waals surface area contributed by atoms with E-state index in [2.05, 4.69) is 103 Å². The van der Waals surface area contributed by atoms with Crippen molar-refractivity contribution in [2.45, 2.75) is 143 Å². The van der Waals surface area contributed by atoms with Gasteiger partial charge in [0, 0.05) is 117 Å². The van der Waals surface area contributed by atoms with Gasteiger partial charge in [-0.15, -0.1) is 0 Å². The second kappa shape index (κ2) is 88.9. The summed E-state index contributed by atoms with van der Waals surface area (Å²) in [5.74, 6) is 1.27. The van der Waals surface area contributed by atoms with Crippen LogP contribution in [0.5, 0.6) is 0 Å². The van der Waals surface area contributed by atoms with E-state index in [4.69, 9.17) is 56.8 Å². The Morgan fingerprint density at radius 2 is 0.454 bits per heavy atom. The molecule has 3 amide bonds. The van der Waals surface area contributed by atoms with Gasteiger partial charge in [0.05, 0.1) is 106 Å². The second-order valence-corrected chi connectivity index (χ2v) is 24.7. The van der Waals surface area contributed by atoms with Crippen LogP contribution in [-0.2, 0) is 105 Å². The minimum Gasteiger partial charge on any atom is -0.379 e.